The van der Waals surface area contributed by atoms with Crippen molar-refractivity contribution in [2.24, 2.45) is 0 Å². The van der Waals surface area contributed by atoms with Gasteiger partial charge in [-0.2, -0.15) is 0 Å². The van der Waals surface area contributed by atoms with E-state index in [-0.39, 0.29) is 47.2 Å². The third-order valence-electron chi connectivity index (χ3n) is 6.36. The van der Waals surface area contributed by atoms with Crippen molar-refractivity contribution in [2.45, 2.75) is 128 Å². The minimum atomic E-state index is -2.19. The number of carboxylic acid groups (broad SMARTS) is 2. The van der Waals surface area contributed by atoms with Gasteiger partial charge in [-0.1, -0.05) is 25.7 Å². The molecule has 0 saturated heterocycles. The summed E-state index contributed by atoms with van der Waals surface area (Å²) in [6.45, 7) is 12.4. The summed E-state index contributed by atoms with van der Waals surface area (Å²) in [7, 11) is 0. The Kier molecular flexibility index (Phi) is 15.0. The zero-order valence-corrected chi connectivity index (χ0v) is 24.0. The van der Waals surface area contributed by atoms with Crippen LogP contribution >= 0.6 is 0 Å². The Morgan fingerprint density at radius 1 is 0.684 bits per heavy atom. The van der Waals surface area contributed by atoms with Crippen molar-refractivity contribution < 1.29 is 51.1 Å². The first-order valence-corrected chi connectivity index (χ1v) is 13.3. The predicted molar refractivity (Wildman–Crippen MR) is 135 cm³/mol. The largest absolute Gasteiger partial charge is 0.543 e. The van der Waals surface area contributed by atoms with Crippen LogP contribution in [0.3, 0.4) is 0 Å². The predicted octanol–water partition coefficient (Wildman–Crippen LogP) is -3.20. The van der Waals surface area contributed by atoms with Crippen LogP contribution in [0.2, 0.25) is 0 Å². The van der Waals surface area contributed by atoms with Crippen molar-refractivity contribution in [2.75, 3.05) is 13.1 Å². The second-order valence-corrected chi connectivity index (χ2v) is 12.0. The van der Waals surface area contributed by atoms with E-state index < -0.39 is 11.9 Å². The fourth-order valence-electron chi connectivity index (χ4n) is 4.76. The normalized spacial score (nSPS) is 23.5. The topological polar surface area (TPSA) is 217 Å². The van der Waals surface area contributed by atoms with Gasteiger partial charge in [0, 0.05) is 13.8 Å². The summed E-state index contributed by atoms with van der Waals surface area (Å²) in [5.74, 6) is -4.28. The average molecular weight is 547 g/mol. The number of carboxylic acids is 2. The molecule has 0 bridgehead atoms. The van der Waals surface area contributed by atoms with Gasteiger partial charge in [0.25, 0.3) is 0 Å². The Bertz CT molecular complexity index is 714. The Morgan fingerprint density at radius 3 is 1.13 bits per heavy atom. The van der Waals surface area contributed by atoms with Crippen molar-refractivity contribution in [3.8, 4) is 0 Å². The molecular weight excluding hydrogens is 496 g/mol. The number of aliphatic hydroxyl groups is 2. The molecule has 0 aromatic carbocycles. The Balaban J connectivity index is 0.000000596. The Labute approximate surface area is 226 Å². The number of carbonyl (C=O) groups excluding carboxylic acids is 4. The molecule has 12 nitrogen and oxygen atoms in total. The molecule has 2 saturated carbocycles. The lowest BCUT2D eigenvalue weighted by molar-refractivity contribution is -0.467. The number of rotatable bonds is 6. The molecule has 0 radical (unpaired) electrons. The molecule has 0 heterocycles. The van der Waals surface area contributed by atoms with Crippen molar-refractivity contribution >= 4 is 23.8 Å². The number of nitrogens with zero attached hydrogens (tertiary/aromatic N) is 2. The van der Waals surface area contributed by atoms with Crippen molar-refractivity contribution in [1.82, 2.24) is 9.80 Å². The van der Waals surface area contributed by atoms with Gasteiger partial charge in [-0.05, 0) is 53.4 Å². The smallest absolute Gasteiger partial charge is 0.220 e. The second kappa shape index (κ2) is 16.0. The van der Waals surface area contributed by atoms with Gasteiger partial charge in [0.15, 0.2) is 0 Å². The summed E-state index contributed by atoms with van der Waals surface area (Å²) in [5.41, 5.74) is 7.75. The fraction of sp³-hybridized carbons (Fsp3) is 0.846. The van der Waals surface area contributed by atoms with Crippen molar-refractivity contribution in [3.05, 3.63) is 0 Å². The third-order valence-corrected chi connectivity index (χ3v) is 6.36. The van der Waals surface area contributed by atoms with E-state index in [1.807, 2.05) is 27.7 Å². The highest BCUT2D eigenvalue weighted by molar-refractivity contribution is 6.25. The molecule has 0 unspecified atom stereocenters. The second-order valence-electron chi connectivity index (χ2n) is 12.0. The minimum absolute atomic E-state index is 0.00715. The molecule has 222 valence electrons. The van der Waals surface area contributed by atoms with Crippen LogP contribution in [0.1, 0.15) is 92.9 Å². The molecule has 2 aliphatic rings. The van der Waals surface area contributed by atoms with E-state index in [1.165, 1.54) is 0 Å². The van der Waals surface area contributed by atoms with E-state index in [9.17, 15) is 19.8 Å². The van der Waals surface area contributed by atoms with E-state index in [0.29, 0.717) is 13.1 Å². The van der Waals surface area contributed by atoms with Crippen LogP contribution in [0.25, 0.3) is 0 Å². The highest BCUT2D eigenvalue weighted by Gasteiger charge is 2.35. The number of amides is 2. The number of hydrogen-bond donors (Lipinski definition) is 4. The van der Waals surface area contributed by atoms with E-state index in [1.54, 1.807) is 23.6 Å². The van der Waals surface area contributed by atoms with Crippen LogP contribution in [-0.4, -0.2) is 92.2 Å². The van der Waals surface area contributed by atoms with Gasteiger partial charge in [-0.15, -0.1) is 0 Å². The molecule has 2 rings (SSSR count). The van der Waals surface area contributed by atoms with Gasteiger partial charge in [0.2, 0.25) is 11.8 Å². The molecule has 38 heavy (non-hydrogen) atoms. The van der Waals surface area contributed by atoms with Crippen LogP contribution in [0.5, 0.6) is 0 Å². The molecule has 2 amide bonds. The summed E-state index contributed by atoms with van der Waals surface area (Å²) in [4.78, 5) is 44.8. The van der Waals surface area contributed by atoms with Crippen molar-refractivity contribution in [1.29, 1.82) is 0 Å². The molecule has 0 aromatic rings. The maximum atomic E-state index is 11.7. The molecule has 2 aliphatic carbocycles. The van der Waals surface area contributed by atoms with E-state index in [0.717, 1.165) is 51.4 Å². The van der Waals surface area contributed by atoms with Gasteiger partial charge in [-0.25, -0.2) is 0 Å². The van der Waals surface area contributed by atoms with Gasteiger partial charge < -0.3 is 51.3 Å². The maximum absolute atomic E-state index is 11.7. The first kappa shape index (κ1) is 35.7. The van der Waals surface area contributed by atoms with Gasteiger partial charge in [0.05, 0.1) is 49.3 Å². The fourth-order valence-corrected chi connectivity index (χ4v) is 4.76. The maximum Gasteiger partial charge on any atom is 0.220 e. The molecule has 0 spiro atoms. The van der Waals surface area contributed by atoms with Gasteiger partial charge in [-0.3, -0.25) is 9.59 Å². The molecule has 0 aliphatic heterocycles. The lowest BCUT2D eigenvalue weighted by atomic mass is 9.90. The number of aliphatic hydroxyl groups excluding tert-OH is 2. The summed E-state index contributed by atoms with van der Waals surface area (Å²) in [5, 5.41) is 37.8. The minimum Gasteiger partial charge on any atom is -0.543 e. The number of aliphatic carboxylic acids is 2. The summed E-state index contributed by atoms with van der Waals surface area (Å²) >= 11 is 0. The molecule has 0 aromatic heterocycles. The third kappa shape index (κ3) is 14.6. The number of carbonyl (C=O) groups is 4. The first-order valence-electron chi connectivity index (χ1n) is 13.3. The summed E-state index contributed by atoms with van der Waals surface area (Å²) in [6.07, 6.45) is 7.06. The Morgan fingerprint density at radius 2 is 0.947 bits per heavy atom. The molecule has 2 fully saturated rings. The number of quaternary nitrogens is 2. The average Bonchev–Trinajstić information content (AvgIpc) is 2.76. The van der Waals surface area contributed by atoms with Crippen molar-refractivity contribution in [3.63, 3.8) is 0 Å². The van der Waals surface area contributed by atoms with E-state index in [2.05, 4.69) is 11.5 Å². The SMILES string of the molecule is CC(=O)N(CC(C)(C)[NH3+])[C@@H]1CCCC[C@H]1O.CC(=O)N(CC(C)(C)[NH3+])[C@@H]1CCCC[C@H]1O.O=C([O-])C(=O)[O-]. The zero-order valence-electron chi connectivity index (χ0n) is 24.0. The van der Waals surface area contributed by atoms with Gasteiger partial charge >= 0.3 is 0 Å². The van der Waals surface area contributed by atoms with Crippen LogP contribution in [0.4, 0.5) is 0 Å². The Hall–Kier alpha value is -2.28. The summed E-state index contributed by atoms with van der Waals surface area (Å²) < 4.78 is 0. The highest BCUT2D eigenvalue weighted by Crippen LogP contribution is 2.25. The van der Waals surface area contributed by atoms with Crippen LogP contribution in [0.15, 0.2) is 0 Å². The van der Waals surface area contributed by atoms with Gasteiger partial charge in [0.1, 0.15) is 11.1 Å². The standard InChI is InChI=1S/2C12H24N2O2.C2H2O4/c2*1-9(15)14(8-12(2,3)13)10-6-4-5-7-11(10)16;3-1(4)2(5)6/h2*10-11,16H,4-8,13H2,1-3H3;(H,3,4)(H,5,6)/t2*10-,11-;/m11./s1. The lowest BCUT2D eigenvalue weighted by Crippen LogP contribution is -2.74. The van der Waals surface area contributed by atoms with E-state index >= 15 is 0 Å². The highest BCUT2D eigenvalue weighted by atomic mass is 16.4. The molecule has 12 heteroatoms. The lowest BCUT2D eigenvalue weighted by Gasteiger charge is -2.39. The quantitative estimate of drug-likeness (QED) is 0.248. The van der Waals surface area contributed by atoms with Crippen LogP contribution in [-0.2, 0) is 19.2 Å². The van der Waals surface area contributed by atoms with Crippen LogP contribution < -0.4 is 21.7 Å². The molecule has 4 atom stereocenters. The monoisotopic (exact) mass is 546 g/mol. The molecule has 8 N–H and O–H groups in total. The van der Waals surface area contributed by atoms with E-state index in [4.69, 9.17) is 19.8 Å². The first-order chi connectivity index (χ1) is 17.3. The molecular formula is C26H50N4O8. The summed E-state index contributed by atoms with van der Waals surface area (Å²) in [6, 6.07) is -0.0143. The zero-order chi connectivity index (χ0) is 29.8. The number of hydrogen-bond acceptors (Lipinski definition) is 8. The van der Waals surface area contributed by atoms with Crippen LogP contribution in [0, 0.1) is 0 Å².